The molecule has 0 fully saturated rings. The number of amides is 1. The van der Waals surface area contributed by atoms with Gasteiger partial charge in [-0.05, 0) is 36.4 Å². The molecule has 3 heterocycles. The van der Waals surface area contributed by atoms with Crippen LogP contribution in [0.4, 0.5) is 10.2 Å². The van der Waals surface area contributed by atoms with Crippen LogP contribution in [-0.2, 0) is 11.8 Å². The summed E-state index contributed by atoms with van der Waals surface area (Å²) in [6.45, 7) is 0. The van der Waals surface area contributed by atoms with E-state index in [1.165, 1.54) is 12.1 Å². The van der Waals surface area contributed by atoms with Gasteiger partial charge in [-0.15, -0.1) is 0 Å². The first-order chi connectivity index (χ1) is 11.1. The Morgan fingerprint density at radius 3 is 2.83 bits per heavy atom. The van der Waals surface area contributed by atoms with Gasteiger partial charge in [-0.2, -0.15) is 5.10 Å². The number of anilines is 1. The van der Waals surface area contributed by atoms with E-state index in [9.17, 15) is 9.18 Å². The molecule has 0 radical (unpaired) electrons. The zero-order valence-electron chi connectivity index (χ0n) is 12.4. The van der Waals surface area contributed by atoms with Crippen molar-refractivity contribution in [1.29, 1.82) is 0 Å². The number of nitrogens with one attached hydrogen (secondary N) is 1. The minimum absolute atomic E-state index is 0.0640. The van der Waals surface area contributed by atoms with Crippen molar-refractivity contribution in [2.24, 2.45) is 7.05 Å². The summed E-state index contributed by atoms with van der Waals surface area (Å²) >= 11 is 0. The Bertz CT molecular complexity index is 880. The van der Waals surface area contributed by atoms with E-state index in [4.69, 9.17) is 4.42 Å². The van der Waals surface area contributed by atoms with Crippen LogP contribution in [0.5, 0.6) is 0 Å². The summed E-state index contributed by atoms with van der Waals surface area (Å²) in [4.78, 5) is 11.9. The first kappa shape index (κ1) is 13.8. The Kier molecular flexibility index (Phi) is 3.04. The number of carbonyl (C=O) groups excluding carboxylic acids is 1. The zero-order valence-corrected chi connectivity index (χ0v) is 12.4. The molecule has 0 bridgehead atoms. The van der Waals surface area contributed by atoms with Crippen molar-refractivity contribution in [3.05, 3.63) is 59.7 Å². The molecule has 2 aromatic heterocycles. The van der Waals surface area contributed by atoms with Gasteiger partial charge >= 0.3 is 0 Å². The van der Waals surface area contributed by atoms with Crippen LogP contribution in [0.25, 0.3) is 11.3 Å². The van der Waals surface area contributed by atoms with Crippen LogP contribution in [0, 0.1) is 5.82 Å². The normalized spacial score (nSPS) is 17.0. The van der Waals surface area contributed by atoms with Gasteiger partial charge in [-0.25, -0.2) is 4.39 Å². The van der Waals surface area contributed by atoms with Crippen LogP contribution in [0.3, 0.4) is 0 Å². The molecular weight excluding hydrogens is 297 g/mol. The largest absolute Gasteiger partial charge is 0.460 e. The average molecular weight is 311 g/mol. The number of furan rings is 1. The molecule has 23 heavy (non-hydrogen) atoms. The molecule has 0 aliphatic carbocycles. The number of rotatable bonds is 2. The minimum Gasteiger partial charge on any atom is -0.460 e. The van der Waals surface area contributed by atoms with Gasteiger partial charge in [0.15, 0.2) is 0 Å². The molecule has 0 spiro atoms. The van der Waals surface area contributed by atoms with Crippen molar-refractivity contribution in [2.45, 2.75) is 12.3 Å². The van der Waals surface area contributed by atoms with Gasteiger partial charge in [0.05, 0.1) is 12.1 Å². The number of hydrogen-bond acceptors (Lipinski definition) is 3. The maximum absolute atomic E-state index is 13.0. The lowest BCUT2D eigenvalue weighted by Gasteiger charge is -2.21. The van der Waals surface area contributed by atoms with E-state index in [1.54, 1.807) is 30.1 Å². The Morgan fingerprint density at radius 1 is 1.26 bits per heavy atom. The summed E-state index contributed by atoms with van der Waals surface area (Å²) < 4.78 is 20.6. The highest BCUT2D eigenvalue weighted by molar-refractivity contribution is 5.94. The lowest BCUT2D eigenvalue weighted by atomic mass is 9.92. The smallest absolute Gasteiger partial charge is 0.226 e. The van der Waals surface area contributed by atoms with Gasteiger partial charge in [0.25, 0.3) is 0 Å². The Labute approximate surface area is 131 Å². The monoisotopic (exact) mass is 311 g/mol. The molecule has 0 unspecified atom stereocenters. The third-order valence-corrected chi connectivity index (χ3v) is 4.09. The summed E-state index contributed by atoms with van der Waals surface area (Å²) in [7, 11) is 1.79. The van der Waals surface area contributed by atoms with E-state index in [0.29, 0.717) is 23.8 Å². The number of fused-ring (bicyclic) bond motifs is 1. The second-order valence-electron chi connectivity index (χ2n) is 5.59. The number of aryl methyl sites for hydroxylation is 1. The topological polar surface area (TPSA) is 60.1 Å². The van der Waals surface area contributed by atoms with Gasteiger partial charge in [-0.1, -0.05) is 0 Å². The summed E-state index contributed by atoms with van der Waals surface area (Å²) in [6, 6.07) is 9.82. The molecule has 4 rings (SSSR count). The Hall–Kier alpha value is -2.89. The number of aromatic nitrogens is 2. The second-order valence-corrected chi connectivity index (χ2v) is 5.59. The highest BCUT2D eigenvalue weighted by Crippen LogP contribution is 2.38. The molecule has 1 aliphatic heterocycles. The molecule has 116 valence electrons. The van der Waals surface area contributed by atoms with Crippen molar-refractivity contribution in [3.8, 4) is 11.3 Å². The van der Waals surface area contributed by atoms with E-state index < -0.39 is 0 Å². The van der Waals surface area contributed by atoms with Crippen LogP contribution in [0.1, 0.15) is 23.7 Å². The van der Waals surface area contributed by atoms with Gasteiger partial charge in [0.1, 0.15) is 23.2 Å². The van der Waals surface area contributed by atoms with Gasteiger partial charge in [-0.3, -0.25) is 9.48 Å². The van der Waals surface area contributed by atoms with Crippen molar-refractivity contribution in [1.82, 2.24) is 9.78 Å². The molecule has 1 aromatic carbocycles. The minimum atomic E-state index is -0.288. The van der Waals surface area contributed by atoms with Crippen LogP contribution in [-0.4, -0.2) is 15.7 Å². The molecule has 1 aliphatic rings. The van der Waals surface area contributed by atoms with E-state index in [0.717, 1.165) is 11.1 Å². The summed E-state index contributed by atoms with van der Waals surface area (Å²) in [5, 5.41) is 7.03. The fraction of sp³-hybridized carbons (Fsp3) is 0.176. The lowest BCUT2D eigenvalue weighted by molar-refractivity contribution is -0.116. The molecule has 6 heteroatoms. The van der Waals surface area contributed by atoms with E-state index in [1.807, 2.05) is 12.1 Å². The first-order valence-electron chi connectivity index (χ1n) is 7.29. The lowest BCUT2D eigenvalue weighted by Crippen LogP contribution is -2.24. The first-order valence-corrected chi connectivity index (χ1v) is 7.29. The third kappa shape index (κ3) is 2.32. The highest BCUT2D eigenvalue weighted by atomic mass is 19.1. The summed E-state index contributed by atoms with van der Waals surface area (Å²) in [5.41, 5.74) is 1.73. The molecule has 3 aromatic rings. The zero-order chi connectivity index (χ0) is 16.0. The Balaban J connectivity index is 1.72. The van der Waals surface area contributed by atoms with E-state index in [-0.39, 0.29) is 17.6 Å². The third-order valence-electron chi connectivity index (χ3n) is 4.09. The maximum atomic E-state index is 13.0. The standard InChI is InChI=1S/C17H14FN3O2/c1-21-17-13(9-19-21)12(8-16(22)20-17)15-7-6-14(23-15)10-2-4-11(18)5-3-10/h2-7,9,12H,8H2,1H3,(H,20,22)/t12-/m1/s1. The van der Waals surface area contributed by atoms with Gasteiger partial charge < -0.3 is 9.73 Å². The molecular formula is C17H14FN3O2. The molecule has 0 saturated heterocycles. The maximum Gasteiger partial charge on any atom is 0.226 e. The predicted octanol–water partition coefficient (Wildman–Crippen LogP) is 3.29. The number of benzene rings is 1. The summed E-state index contributed by atoms with van der Waals surface area (Å²) in [6.07, 6.45) is 2.06. The molecule has 1 atom stereocenters. The van der Waals surface area contributed by atoms with Crippen molar-refractivity contribution in [2.75, 3.05) is 5.32 Å². The molecule has 1 N–H and O–H groups in total. The fourth-order valence-corrected chi connectivity index (χ4v) is 2.90. The Morgan fingerprint density at radius 2 is 2.04 bits per heavy atom. The molecule has 0 saturated carbocycles. The van der Waals surface area contributed by atoms with E-state index in [2.05, 4.69) is 10.4 Å². The number of hydrogen-bond donors (Lipinski definition) is 1. The predicted molar refractivity (Wildman–Crippen MR) is 82.4 cm³/mol. The molecule has 5 nitrogen and oxygen atoms in total. The van der Waals surface area contributed by atoms with Crippen LogP contribution in [0.15, 0.2) is 47.0 Å². The molecule has 1 amide bonds. The van der Waals surface area contributed by atoms with Crippen LogP contribution in [0.2, 0.25) is 0 Å². The number of halogens is 1. The number of nitrogens with zero attached hydrogens (tertiary/aromatic N) is 2. The van der Waals surface area contributed by atoms with Crippen molar-refractivity contribution < 1.29 is 13.6 Å². The van der Waals surface area contributed by atoms with Crippen LogP contribution < -0.4 is 5.32 Å². The van der Waals surface area contributed by atoms with Crippen molar-refractivity contribution >= 4 is 11.7 Å². The number of carbonyl (C=O) groups is 1. The van der Waals surface area contributed by atoms with Gasteiger partial charge in [0.2, 0.25) is 5.91 Å². The second kappa shape index (κ2) is 5.08. The van der Waals surface area contributed by atoms with Crippen molar-refractivity contribution in [3.63, 3.8) is 0 Å². The quantitative estimate of drug-likeness (QED) is 0.790. The SMILES string of the molecule is Cn1ncc2c1NC(=O)C[C@H]2c1ccc(-c2ccc(F)cc2)o1. The fourth-order valence-electron chi connectivity index (χ4n) is 2.90. The summed E-state index contributed by atoms with van der Waals surface area (Å²) in [5.74, 6) is 1.53. The van der Waals surface area contributed by atoms with Gasteiger partial charge in [0, 0.05) is 24.6 Å². The van der Waals surface area contributed by atoms with Crippen LogP contribution >= 0.6 is 0 Å². The van der Waals surface area contributed by atoms with E-state index >= 15 is 0 Å². The average Bonchev–Trinajstić information content (AvgIpc) is 3.16. The highest BCUT2D eigenvalue weighted by Gasteiger charge is 2.31.